The van der Waals surface area contributed by atoms with Gasteiger partial charge in [0.2, 0.25) is 0 Å². The van der Waals surface area contributed by atoms with Crippen molar-refractivity contribution in [3.63, 3.8) is 0 Å². The summed E-state index contributed by atoms with van der Waals surface area (Å²) in [5, 5.41) is 13.2. The third-order valence-corrected chi connectivity index (χ3v) is 3.43. The van der Waals surface area contributed by atoms with Crippen molar-refractivity contribution in [2.24, 2.45) is 0 Å². The molecule has 0 amide bonds. The van der Waals surface area contributed by atoms with Crippen molar-refractivity contribution >= 4 is 43.0 Å². The highest BCUT2D eigenvalue weighted by atomic mass is 79.9. The van der Waals surface area contributed by atoms with E-state index in [0.717, 1.165) is 15.6 Å². The van der Waals surface area contributed by atoms with Crippen LogP contribution in [0.15, 0.2) is 17.5 Å². The molecule has 0 spiro atoms. The number of anilines is 1. The molecular formula is C9H8BrNOS. The summed E-state index contributed by atoms with van der Waals surface area (Å²) in [6.45, 7) is 0. The molecule has 0 fully saturated rings. The average molecular weight is 258 g/mol. The van der Waals surface area contributed by atoms with Gasteiger partial charge in [0.25, 0.3) is 0 Å². The first-order chi connectivity index (χ1) is 6.24. The lowest BCUT2D eigenvalue weighted by molar-refractivity contribution is 0.478. The van der Waals surface area contributed by atoms with E-state index >= 15 is 0 Å². The second-order valence-electron chi connectivity index (χ2n) is 2.76. The maximum Gasteiger partial charge on any atom is 0.130 e. The Morgan fingerprint density at radius 2 is 2.31 bits per heavy atom. The molecule has 68 valence electrons. The Balaban J connectivity index is 2.85. The number of thiophene rings is 1. The monoisotopic (exact) mass is 257 g/mol. The summed E-state index contributed by atoms with van der Waals surface area (Å²) < 4.78 is 1.03. The van der Waals surface area contributed by atoms with Crippen LogP contribution in [0.5, 0.6) is 5.75 Å². The smallest absolute Gasteiger partial charge is 0.130 e. The van der Waals surface area contributed by atoms with Gasteiger partial charge in [0.15, 0.2) is 0 Å². The van der Waals surface area contributed by atoms with Crippen LogP contribution in [0.3, 0.4) is 0 Å². The number of benzene rings is 1. The molecule has 0 saturated heterocycles. The fraction of sp³-hybridized carbons (Fsp3) is 0.111. The topological polar surface area (TPSA) is 46.2 Å². The maximum absolute atomic E-state index is 9.82. The number of rotatable bonds is 1. The standard InChI is InChI=1S/C9H8BrNOS/c10-4-6-7(11)3-8-5(9(6)12)1-2-13-8/h1-3,12H,4,11H2. The number of phenolic OH excluding ortho intramolecular Hbond substituents is 1. The molecule has 4 heteroatoms. The van der Waals surface area contributed by atoms with E-state index in [0.29, 0.717) is 16.8 Å². The van der Waals surface area contributed by atoms with E-state index in [9.17, 15) is 5.11 Å². The van der Waals surface area contributed by atoms with Gasteiger partial charge in [-0.2, -0.15) is 0 Å². The van der Waals surface area contributed by atoms with Crippen LogP contribution in [-0.2, 0) is 5.33 Å². The summed E-state index contributed by atoms with van der Waals surface area (Å²) in [7, 11) is 0. The van der Waals surface area contributed by atoms with Gasteiger partial charge in [-0.1, -0.05) is 15.9 Å². The highest BCUT2D eigenvalue weighted by Gasteiger charge is 2.09. The molecule has 2 rings (SSSR count). The number of hydrogen-bond acceptors (Lipinski definition) is 3. The number of nitrogens with two attached hydrogens (primary N) is 1. The molecule has 13 heavy (non-hydrogen) atoms. The second kappa shape index (κ2) is 3.20. The summed E-state index contributed by atoms with van der Waals surface area (Å²) >= 11 is 4.88. The largest absolute Gasteiger partial charge is 0.507 e. The van der Waals surface area contributed by atoms with Crippen molar-refractivity contribution in [2.45, 2.75) is 5.33 Å². The lowest BCUT2D eigenvalue weighted by Gasteiger charge is -2.05. The van der Waals surface area contributed by atoms with Gasteiger partial charge in [-0.3, -0.25) is 0 Å². The third kappa shape index (κ3) is 1.30. The van der Waals surface area contributed by atoms with E-state index in [4.69, 9.17) is 5.73 Å². The molecule has 0 bridgehead atoms. The second-order valence-corrected chi connectivity index (χ2v) is 4.27. The molecule has 0 saturated carbocycles. The normalized spacial score (nSPS) is 10.8. The van der Waals surface area contributed by atoms with Gasteiger partial charge in [0.05, 0.1) is 0 Å². The number of hydrogen-bond donors (Lipinski definition) is 2. The van der Waals surface area contributed by atoms with Crippen LogP contribution in [0.25, 0.3) is 10.1 Å². The Labute approximate surface area is 88.1 Å². The molecule has 0 atom stereocenters. The zero-order valence-corrected chi connectivity index (χ0v) is 9.15. The van der Waals surface area contributed by atoms with E-state index in [2.05, 4.69) is 15.9 Å². The summed E-state index contributed by atoms with van der Waals surface area (Å²) in [4.78, 5) is 0. The van der Waals surface area contributed by atoms with Crippen LogP contribution >= 0.6 is 27.3 Å². The SMILES string of the molecule is Nc1cc2sccc2c(O)c1CBr. The number of nitrogen functional groups attached to an aromatic ring is 1. The van der Waals surface area contributed by atoms with E-state index in [-0.39, 0.29) is 0 Å². The Morgan fingerprint density at radius 3 is 3.00 bits per heavy atom. The Bertz CT molecular complexity index is 452. The highest BCUT2D eigenvalue weighted by Crippen LogP contribution is 2.37. The number of aromatic hydroxyl groups is 1. The quantitative estimate of drug-likeness (QED) is 0.610. The molecule has 3 N–H and O–H groups in total. The third-order valence-electron chi connectivity index (χ3n) is 2.00. The van der Waals surface area contributed by atoms with E-state index < -0.39 is 0 Å². The predicted octanol–water partition coefficient (Wildman–Crippen LogP) is 3.08. The molecule has 2 nitrogen and oxygen atoms in total. The van der Waals surface area contributed by atoms with Gasteiger partial charge >= 0.3 is 0 Å². The van der Waals surface area contributed by atoms with Crippen LogP contribution in [0.1, 0.15) is 5.56 Å². The van der Waals surface area contributed by atoms with Gasteiger partial charge in [-0.05, 0) is 17.5 Å². The number of halogens is 1. The zero-order chi connectivity index (χ0) is 9.42. The van der Waals surface area contributed by atoms with Crippen LogP contribution in [0.4, 0.5) is 5.69 Å². The van der Waals surface area contributed by atoms with E-state index in [1.165, 1.54) is 0 Å². The fourth-order valence-corrected chi connectivity index (χ4v) is 2.72. The molecule has 1 aromatic heterocycles. The van der Waals surface area contributed by atoms with Gasteiger partial charge in [0, 0.05) is 26.7 Å². The molecule has 1 aromatic carbocycles. The lowest BCUT2D eigenvalue weighted by atomic mass is 10.1. The van der Waals surface area contributed by atoms with Crippen molar-refractivity contribution in [1.82, 2.24) is 0 Å². The van der Waals surface area contributed by atoms with E-state index in [1.807, 2.05) is 17.5 Å². The molecule has 0 aliphatic heterocycles. The van der Waals surface area contributed by atoms with Crippen molar-refractivity contribution < 1.29 is 5.11 Å². The van der Waals surface area contributed by atoms with Crippen LogP contribution in [-0.4, -0.2) is 5.11 Å². The lowest BCUT2D eigenvalue weighted by Crippen LogP contribution is -1.91. The average Bonchev–Trinajstić information content (AvgIpc) is 2.53. The molecule has 0 unspecified atom stereocenters. The summed E-state index contributed by atoms with van der Waals surface area (Å²) in [6, 6.07) is 3.80. The molecule has 2 aromatic rings. The summed E-state index contributed by atoms with van der Waals surface area (Å²) in [5.41, 5.74) is 7.19. The van der Waals surface area contributed by atoms with Crippen LogP contribution in [0, 0.1) is 0 Å². The Hall–Kier alpha value is -0.740. The minimum absolute atomic E-state index is 0.299. The highest BCUT2D eigenvalue weighted by molar-refractivity contribution is 9.08. The first kappa shape index (κ1) is 8.84. The van der Waals surface area contributed by atoms with Crippen molar-refractivity contribution in [3.05, 3.63) is 23.1 Å². The number of phenols is 1. The Morgan fingerprint density at radius 1 is 1.54 bits per heavy atom. The molecule has 0 aliphatic rings. The van der Waals surface area contributed by atoms with Gasteiger partial charge in [0.1, 0.15) is 5.75 Å². The molecule has 1 heterocycles. The van der Waals surface area contributed by atoms with Crippen molar-refractivity contribution in [2.75, 3.05) is 5.73 Å². The molecule has 0 aliphatic carbocycles. The van der Waals surface area contributed by atoms with Crippen molar-refractivity contribution in [3.8, 4) is 5.75 Å². The minimum atomic E-state index is 0.299. The molecular weight excluding hydrogens is 250 g/mol. The molecule has 0 radical (unpaired) electrons. The minimum Gasteiger partial charge on any atom is -0.507 e. The van der Waals surface area contributed by atoms with Crippen LogP contribution in [0.2, 0.25) is 0 Å². The van der Waals surface area contributed by atoms with Crippen molar-refractivity contribution in [1.29, 1.82) is 0 Å². The van der Waals surface area contributed by atoms with Crippen LogP contribution < -0.4 is 5.73 Å². The van der Waals surface area contributed by atoms with Gasteiger partial charge in [-0.15, -0.1) is 11.3 Å². The zero-order valence-electron chi connectivity index (χ0n) is 6.75. The number of alkyl halides is 1. The summed E-state index contributed by atoms with van der Waals surface area (Å²) in [5.74, 6) is 0.299. The fourth-order valence-electron chi connectivity index (χ4n) is 1.30. The first-order valence-electron chi connectivity index (χ1n) is 3.77. The van der Waals surface area contributed by atoms with Gasteiger partial charge in [-0.25, -0.2) is 0 Å². The maximum atomic E-state index is 9.82. The van der Waals surface area contributed by atoms with Gasteiger partial charge < -0.3 is 10.8 Å². The summed E-state index contributed by atoms with van der Waals surface area (Å²) in [6.07, 6.45) is 0. The Kier molecular flexibility index (Phi) is 2.17. The predicted molar refractivity (Wildman–Crippen MR) is 60.5 cm³/mol. The van der Waals surface area contributed by atoms with E-state index in [1.54, 1.807) is 11.3 Å². The number of fused-ring (bicyclic) bond motifs is 1. The first-order valence-corrected chi connectivity index (χ1v) is 5.77.